The third-order valence-corrected chi connectivity index (χ3v) is 5.73. The maximum Gasteiger partial charge on any atom is 0.197 e. The van der Waals surface area contributed by atoms with Gasteiger partial charge in [-0.2, -0.15) is 0 Å². The largest absolute Gasteiger partial charge is 0.507 e. The van der Waals surface area contributed by atoms with Crippen molar-refractivity contribution in [1.82, 2.24) is 0 Å². The summed E-state index contributed by atoms with van der Waals surface area (Å²) in [4.78, 5) is 26.4. The minimum atomic E-state index is -0.348. The summed E-state index contributed by atoms with van der Waals surface area (Å²) in [5.41, 5.74) is 2.12. The van der Waals surface area contributed by atoms with E-state index in [-0.39, 0.29) is 40.6 Å². The van der Waals surface area contributed by atoms with E-state index in [0.29, 0.717) is 33.8 Å². The van der Waals surface area contributed by atoms with E-state index in [9.17, 15) is 19.8 Å². The summed E-state index contributed by atoms with van der Waals surface area (Å²) in [5, 5.41) is 21.3. The lowest BCUT2D eigenvalue weighted by molar-refractivity contribution is 0.102. The van der Waals surface area contributed by atoms with Crippen LogP contribution in [0.1, 0.15) is 43.0 Å². The Bertz CT molecular complexity index is 1380. The van der Waals surface area contributed by atoms with E-state index in [1.165, 1.54) is 26.4 Å². The predicted molar refractivity (Wildman–Crippen MR) is 132 cm³/mol. The summed E-state index contributed by atoms with van der Waals surface area (Å²) in [6.45, 7) is 0. The zero-order valence-electron chi connectivity index (χ0n) is 19.3. The van der Waals surface area contributed by atoms with E-state index < -0.39 is 0 Å². The van der Waals surface area contributed by atoms with Gasteiger partial charge in [0.15, 0.2) is 11.6 Å². The Labute approximate surface area is 203 Å². The van der Waals surface area contributed by atoms with Gasteiger partial charge in [0.05, 0.1) is 25.3 Å². The number of phenols is 2. The van der Waals surface area contributed by atoms with Crippen molar-refractivity contribution in [3.05, 3.63) is 118 Å². The molecule has 0 amide bonds. The van der Waals surface area contributed by atoms with Crippen LogP contribution in [0.5, 0.6) is 23.0 Å². The molecule has 4 rings (SSSR count). The molecule has 0 spiro atoms. The predicted octanol–water partition coefficient (Wildman–Crippen LogP) is 5.17. The number of hydrogen-bond acceptors (Lipinski definition) is 6. The molecule has 0 saturated heterocycles. The molecule has 4 aromatic rings. The Morgan fingerprint density at radius 2 is 1.29 bits per heavy atom. The van der Waals surface area contributed by atoms with Crippen LogP contribution in [0.25, 0.3) is 0 Å². The fourth-order valence-electron chi connectivity index (χ4n) is 3.98. The highest BCUT2D eigenvalue weighted by Crippen LogP contribution is 2.36. The summed E-state index contributed by atoms with van der Waals surface area (Å²) in [7, 11) is 2.92. The van der Waals surface area contributed by atoms with Crippen molar-refractivity contribution < 1.29 is 29.3 Å². The van der Waals surface area contributed by atoms with Gasteiger partial charge in [-0.15, -0.1) is 0 Å². The lowest BCUT2D eigenvalue weighted by Gasteiger charge is -2.16. The fourth-order valence-corrected chi connectivity index (χ4v) is 3.98. The lowest BCUT2D eigenvalue weighted by Crippen LogP contribution is -2.09. The minimum Gasteiger partial charge on any atom is -0.507 e. The molecular weight excluding hydrogens is 444 g/mol. The van der Waals surface area contributed by atoms with Crippen molar-refractivity contribution in [1.29, 1.82) is 0 Å². The molecule has 6 nitrogen and oxygen atoms in total. The minimum absolute atomic E-state index is 0.107. The second-order valence-corrected chi connectivity index (χ2v) is 7.93. The first kappa shape index (κ1) is 23.6. The van der Waals surface area contributed by atoms with Crippen molar-refractivity contribution in [2.24, 2.45) is 0 Å². The van der Waals surface area contributed by atoms with E-state index in [1.54, 1.807) is 72.8 Å². The maximum atomic E-state index is 13.3. The average Bonchev–Trinajstić information content (AvgIpc) is 2.89. The first-order valence-electron chi connectivity index (χ1n) is 10.9. The molecule has 0 aliphatic heterocycles. The van der Waals surface area contributed by atoms with Crippen LogP contribution in [0.15, 0.2) is 84.9 Å². The molecule has 2 N–H and O–H groups in total. The number of hydrogen-bond donors (Lipinski definition) is 2. The highest BCUT2D eigenvalue weighted by molar-refractivity contribution is 6.12. The van der Waals surface area contributed by atoms with Gasteiger partial charge in [0.1, 0.15) is 23.0 Å². The van der Waals surface area contributed by atoms with Crippen molar-refractivity contribution in [2.45, 2.75) is 6.42 Å². The molecule has 0 radical (unpaired) electrons. The first-order valence-corrected chi connectivity index (χ1v) is 10.9. The molecule has 0 unspecified atom stereocenters. The van der Waals surface area contributed by atoms with Crippen molar-refractivity contribution in [3.8, 4) is 23.0 Å². The van der Waals surface area contributed by atoms with Gasteiger partial charge in [0, 0.05) is 29.7 Å². The van der Waals surface area contributed by atoms with Crippen LogP contribution in [0.2, 0.25) is 0 Å². The molecule has 176 valence electrons. The highest BCUT2D eigenvalue weighted by Gasteiger charge is 2.23. The third kappa shape index (κ3) is 4.87. The van der Waals surface area contributed by atoms with E-state index in [0.717, 1.165) is 0 Å². The number of phenolic OH excluding ortho intramolecular Hbond substituents is 2. The van der Waals surface area contributed by atoms with E-state index in [1.807, 2.05) is 0 Å². The number of carbonyl (C=O) groups excluding carboxylic acids is 2. The Morgan fingerprint density at radius 1 is 0.686 bits per heavy atom. The van der Waals surface area contributed by atoms with Gasteiger partial charge in [-0.1, -0.05) is 60.7 Å². The Morgan fingerprint density at radius 3 is 1.86 bits per heavy atom. The third-order valence-electron chi connectivity index (χ3n) is 5.73. The van der Waals surface area contributed by atoms with Gasteiger partial charge < -0.3 is 19.7 Å². The summed E-state index contributed by atoms with van der Waals surface area (Å²) < 4.78 is 10.8. The average molecular weight is 469 g/mol. The molecular formula is C29H24O6. The van der Waals surface area contributed by atoms with Gasteiger partial charge in [0.25, 0.3) is 0 Å². The zero-order valence-corrected chi connectivity index (χ0v) is 19.3. The second kappa shape index (κ2) is 10.1. The van der Waals surface area contributed by atoms with Gasteiger partial charge in [-0.25, -0.2) is 0 Å². The molecule has 0 saturated carbocycles. The van der Waals surface area contributed by atoms with Crippen LogP contribution in [0.4, 0.5) is 0 Å². The highest BCUT2D eigenvalue weighted by atomic mass is 16.5. The first-order chi connectivity index (χ1) is 16.9. The number of aromatic hydroxyl groups is 2. The quantitative estimate of drug-likeness (QED) is 0.347. The fraction of sp³-hybridized carbons (Fsp3) is 0.103. The number of benzene rings is 4. The molecule has 35 heavy (non-hydrogen) atoms. The van der Waals surface area contributed by atoms with Crippen LogP contribution >= 0.6 is 0 Å². The van der Waals surface area contributed by atoms with Gasteiger partial charge >= 0.3 is 0 Å². The summed E-state index contributed by atoms with van der Waals surface area (Å²) in [6.07, 6.45) is 0.136. The molecule has 0 aromatic heterocycles. The van der Waals surface area contributed by atoms with E-state index in [2.05, 4.69) is 0 Å². The second-order valence-electron chi connectivity index (χ2n) is 7.93. The van der Waals surface area contributed by atoms with Crippen molar-refractivity contribution in [3.63, 3.8) is 0 Å². The monoisotopic (exact) mass is 468 g/mol. The topological polar surface area (TPSA) is 93.1 Å². The Balaban J connectivity index is 1.83. The standard InChI is InChI=1S/C29H24O6/c1-34-22-14-21(27(25(31)16-22)29(33)19-11-7-4-8-12-19)13-20-15-23(24(30)17-26(20)35-2)28(32)18-9-5-3-6-10-18/h3-12,14-17,30-31H,13H2,1-2H3. The van der Waals surface area contributed by atoms with Crippen LogP contribution in [-0.2, 0) is 6.42 Å². The van der Waals surface area contributed by atoms with Crippen LogP contribution in [-0.4, -0.2) is 36.0 Å². The number of rotatable bonds is 8. The Hall–Kier alpha value is -4.58. The number of ether oxygens (including phenoxy) is 2. The van der Waals surface area contributed by atoms with Gasteiger partial charge in [-0.3, -0.25) is 9.59 Å². The van der Waals surface area contributed by atoms with Gasteiger partial charge in [0.2, 0.25) is 0 Å². The van der Waals surface area contributed by atoms with Gasteiger partial charge in [-0.05, 0) is 23.3 Å². The molecule has 0 atom stereocenters. The van der Waals surface area contributed by atoms with E-state index >= 15 is 0 Å². The summed E-state index contributed by atoms with van der Waals surface area (Å²) in [5.74, 6) is -0.409. The SMILES string of the molecule is COc1cc(O)c(C(=O)c2ccccc2)c(Cc2cc(C(=O)c3ccccc3)c(O)cc2OC)c1. The number of ketones is 2. The zero-order chi connectivity index (χ0) is 24.9. The van der Waals surface area contributed by atoms with Crippen molar-refractivity contribution >= 4 is 11.6 Å². The summed E-state index contributed by atoms with van der Waals surface area (Å²) in [6, 6.07) is 23.3. The lowest BCUT2D eigenvalue weighted by atomic mass is 9.91. The number of methoxy groups -OCH3 is 2. The molecule has 0 fully saturated rings. The molecule has 6 heteroatoms. The maximum absolute atomic E-state index is 13.3. The molecule has 0 aliphatic carbocycles. The van der Waals surface area contributed by atoms with Crippen LogP contribution in [0, 0.1) is 0 Å². The normalized spacial score (nSPS) is 10.6. The van der Waals surface area contributed by atoms with Crippen LogP contribution < -0.4 is 9.47 Å². The molecule has 0 bridgehead atoms. The van der Waals surface area contributed by atoms with Crippen molar-refractivity contribution in [2.75, 3.05) is 14.2 Å². The molecule has 0 heterocycles. The van der Waals surface area contributed by atoms with E-state index in [4.69, 9.17) is 9.47 Å². The Kier molecular flexibility index (Phi) is 6.83. The summed E-state index contributed by atoms with van der Waals surface area (Å²) >= 11 is 0. The number of carbonyl (C=O) groups is 2. The molecule has 4 aromatic carbocycles. The molecule has 0 aliphatic rings. The smallest absolute Gasteiger partial charge is 0.197 e. The van der Waals surface area contributed by atoms with Crippen LogP contribution in [0.3, 0.4) is 0 Å².